The van der Waals surface area contributed by atoms with Gasteiger partial charge in [0.1, 0.15) is 5.00 Å². The van der Waals surface area contributed by atoms with Gasteiger partial charge >= 0.3 is 11.9 Å². The number of thiophene rings is 1. The van der Waals surface area contributed by atoms with E-state index in [1.807, 2.05) is 6.26 Å². The van der Waals surface area contributed by atoms with E-state index in [-0.39, 0.29) is 17.2 Å². The highest BCUT2D eigenvalue weighted by molar-refractivity contribution is 7.99. The van der Waals surface area contributed by atoms with Crippen LogP contribution in [0.5, 0.6) is 0 Å². The summed E-state index contributed by atoms with van der Waals surface area (Å²) in [5, 5.41) is 3.25. The Labute approximate surface area is 211 Å². The first-order valence-electron chi connectivity index (χ1n) is 10.3. The van der Waals surface area contributed by atoms with Gasteiger partial charge in [0.15, 0.2) is 15.0 Å². The molecule has 184 valence electrons. The van der Waals surface area contributed by atoms with Crippen LogP contribution in [0, 0.1) is 0 Å². The zero-order chi connectivity index (χ0) is 25.4. The van der Waals surface area contributed by atoms with E-state index in [4.69, 9.17) is 9.47 Å². The molecule has 0 aliphatic rings. The molecule has 0 aliphatic heterocycles. The Hall–Kier alpha value is -2.95. The molecule has 3 aromatic rings. The summed E-state index contributed by atoms with van der Waals surface area (Å²) in [6.45, 7) is 1.29. The number of nitrogens with one attached hydrogen (secondary N) is 2. The lowest BCUT2D eigenvalue weighted by atomic mass is 10.1. The standard InChI is InChI=1S/C23H23N2O7PS2/c1-3-31-23(28)18-12-19(14-7-9-17(10-8-14)33(29)30)35-21(18)24-20(26)13-32-22(27)15-5-4-6-16(11-15)25-34-2/h4-12,25,29-30H,3,13H2,1-2H3,(H,24,26). The number of ether oxygens (including phenoxy) is 2. The average Bonchev–Trinajstić information content (AvgIpc) is 3.27. The topological polar surface area (TPSA) is 134 Å². The maximum absolute atomic E-state index is 12.5. The third kappa shape index (κ3) is 7.27. The zero-order valence-corrected chi connectivity index (χ0v) is 21.3. The number of anilines is 2. The van der Waals surface area contributed by atoms with Gasteiger partial charge in [0.2, 0.25) is 0 Å². The van der Waals surface area contributed by atoms with E-state index >= 15 is 0 Å². The second kappa shape index (κ2) is 12.7. The van der Waals surface area contributed by atoms with Gasteiger partial charge in [0.25, 0.3) is 5.91 Å². The largest absolute Gasteiger partial charge is 0.462 e. The van der Waals surface area contributed by atoms with E-state index in [1.165, 1.54) is 11.9 Å². The number of rotatable bonds is 10. The van der Waals surface area contributed by atoms with Crippen molar-refractivity contribution in [1.82, 2.24) is 0 Å². The fourth-order valence-corrected chi connectivity index (χ4v) is 4.80. The lowest BCUT2D eigenvalue weighted by molar-refractivity contribution is -0.119. The first kappa shape index (κ1) is 26.7. The van der Waals surface area contributed by atoms with Crippen molar-refractivity contribution in [2.45, 2.75) is 6.92 Å². The molecule has 35 heavy (non-hydrogen) atoms. The fraction of sp³-hybridized carbons (Fsp3) is 0.174. The van der Waals surface area contributed by atoms with Gasteiger partial charge in [-0.1, -0.05) is 30.1 Å². The Morgan fingerprint density at radius 2 is 1.77 bits per heavy atom. The van der Waals surface area contributed by atoms with Crippen LogP contribution in [-0.4, -0.2) is 47.1 Å². The maximum Gasteiger partial charge on any atom is 0.341 e. The van der Waals surface area contributed by atoms with E-state index in [2.05, 4.69) is 10.0 Å². The first-order valence-corrected chi connectivity index (χ1v) is 13.6. The Morgan fingerprint density at radius 3 is 2.43 bits per heavy atom. The third-order valence-electron chi connectivity index (χ3n) is 4.52. The molecule has 12 heteroatoms. The van der Waals surface area contributed by atoms with Gasteiger partial charge in [0.05, 0.1) is 17.7 Å². The Balaban J connectivity index is 1.72. The molecule has 2 aromatic carbocycles. The van der Waals surface area contributed by atoms with Crippen LogP contribution < -0.4 is 15.3 Å². The summed E-state index contributed by atoms with van der Waals surface area (Å²) in [7, 11) is -2.21. The van der Waals surface area contributed by atoms with Crippen molar-refractivity contribution in [3.05, 3.63) is 65.7 Å². The molecule has 0 fully saturated rings. The molecule has 9 nitrogen and oxygen atoms in total. The molecule has 4 N–H and O–H groups in total. The molecule has 0 bridgehead atoms. The molecular formula is C23H23N2O7PS2. The van der Waals surface area contributed by atoms with Gasteiger partial charge in [-0.15, -0.1) is 11.3 Å². The van der Waals surface area contributed by atoms with Crippen molar-refractivity contribution in [1.29, 1.82) is 0 Å². The number of benzene rings is 2. The van der Waals surface area contributed by atoms with E-state index in [0.717, 1.165) is 17.0 Å². The average molecular weight is 535 g/mol. The minimum absolute atomic E-state index is 0.157. The van der Waals surface area contributed by atoms with Gasteiger partial charge in [-0.05, 0) is 48.9 Å². The van der Waals surface area contributed by atoms with E-state index in [1.54, 1.807) is 61.5 Å². The molecule has 1 amide bonds. The van der Waals surface area contributed by atoms with E-state index in [0.29, 0.717) is 21.3 Å². The number of carbonyl (C=O) groups excluding carboxylic acids is 3. The molecular weight excluding hydrogens is 511 g/mol. The number of hydrogen-bond donors (Lipinski definition) is 4. The molecule has 3 rings (SSSR count). The second-order valence-corrected chi connectivity index (χ2v) is 9.68. The molecule has 0 saturated carbocycles. The molecule has 0 saturated heterocycles. The summed E-state index contributed by atoms with van der Waals surface area (Å²) in [5.41, 5.74) is 1.90. The minimum Gasteiger partial charge on any atom is -0.462 e. The molecule has 0 atom stereocenters. The highest BCUT2D eigenvalue weighted by Gasteiger charge is 2.21. The Kier molecular flexibility index (Phi) is 9.64. The summed E-state index contributed by atoms with van der Waals surface area (Å²) in [6.07, 6.45) is 1.85. The number of carbonyl (C=O) groups is 3. The van der Waals surface area contributed by atoms with Crippen molar-refractivity contribution in [3.63, 3.8) is 0 Å². The Bertz CT molecular complexity index is 1200. The molecule has 0 radical (unpaired) electrons. The summed E-state index contributed by atoms with van der Waals surface area (Å²) < 4.78 is 13.2. The van der Waals surface area contributed by atoms with Gasteiger partial charge in [0, 0.05) is 22.1 Å². The van der Waals surface area contributed by atoms with Crippen LogP contribution in [0.25, 0.3) is 10.4 Å². The van der Waals surface area contributed by atoms with Gasteiger partial charge in [-0.3, -0.25) is 4.79 Å². The van der Waals surface area contributed by atoms with Crippen molar-refractivity contribution >= 4 is 65.5 Å². The van der Waals surface area contributed by atoms with Crippen LogP contribution in [0.1, 0.15) is 27.6 Å². The van der Waals surface area contributed by atoms with Crippen LogP contribution in [-0.2, 0) is 14.3 Å². The fourth-order valence-electron chi connectivity index (χ4n) is 2.95. The highest BCUT2D eigenvalue weighted by atomic mass is 32.2. The van der Waals surface area contributed by atoms with E-state index in [9.17, 15) is 24.2 Å². The van der Waals surface area contributed by atoms with Gasteiger partial charge in [-0.2, -0.15) is 0 Å². The van der Waals surface area contributed by atoms with Crippen LogP contribution >= 0.6 is 31.7 Å². The van der Waals surface area contributed by atoms with Crippen molar-refractivity contribution < 1.29 is 33.6 Å². The van der Waals surface area contributed by atoms with Gasteiger partial charge < -0.3 is 29.3 Å². The first-order chi connectivity index (χ1) is 16.8. The minimum atomic E-state index is -2.21. The van der Waals surface area contributed by atoms with Crippen LogP contribution in [0.15, 0.2) is 54.6 Å². The second-order valence-electron chi connectivity index (χ2n) is 6.92. The highest BCUT2D eigenvalue weighted by Crippen LogP contribution is 2.36. The number of hydrogen-bond acceptors (Lipinski definition) is 10. The third-order valence-corrected chi connectivity index (χ3v) is 6.82. The van der Waals surface area contributed by atoms with Crippen LogP contribution in [0.4, 0.5) is 10.7 Å². The van der Waals surface area contributed by atoms with Crippen molar-refractivity contribution in [2.75, 3.05) is 29.5 Å². The smallest absolute Gasteiger partial charge is 0.341 e. The van der Waals surface area contributed by atoms with Crippen molar-refractivity contribution in [3.8, 4) is 10.4 Å². The predicted molar refractivity (Wildman–Crippen MR) is 139 cm³/mol. The Morgan fingerprint density at radius 1 is 1.03 bits per heavy atom. The maximum atomic E-state index is 12.5. The lowest BCUT2D eigenvalue weighted by Crippen LogP contribution is -2.21. The SMILES string of the molecule is CCOC(=O)c1cc(-c2ccc(P(O)O)cc2)sc1NC(=O)COC(=O)c1cccc(NSC)c1. The van der Waals surface area contributed by atoms with Crippen LogP contribution in [0.2, 0.25) is 0 Å². The quantitative estimate of drug-likeness (QED) is 0.173. The summed E-state index contributed by atoms with van der Waals surface area (Å²) in [4.78, 5) is 56.6. The van der Waals surface area contributed by atoms with E-state index < -0.39 is 32.8 Å². The molecule has 0 aliphatic carbocycles. The zero-order valence-electron chi connectivity index (χ0n) is 18.8. The molecule has 1 heterocycles. The number of esters is 2. The predicted octanol–water partition coefficient (Wildman–Crippen LogP) is 4.00. The molecule has 0 unspecified atom stereocenters. The monoisotopic (exact) mass is 534 g/mol. The van der Waals surface area contributed by atoms with Crippen LogP contribution in [0.3, 0.4) is 0 Å². The normalized spacial score (nSPS) is 10.7. The molecule has 1 aromatic heterocycles. The molecule has 0 spiro atoms. The van der Waals surface area contributed by atoms with Gasteiger partial charge in [-0.25, -0.2) is 9.59 Å². The summed E-state index contributed by atoms with van der Waals surface area (Å²) >= 11 is 2.52. The van der Waals surface area contributed by atoms with Crippen molar-refractivity contribution in [2.24, 2.45) is 0 Å². The lowest BCUT2D eigenvalue weighted by Gasteiger charge is -2.08. The summed E-state index contributed by atoms with van der Waals surface area (Å²) in [6, 6.07) is 14.8. The summed E-state index contributed by atoms with van der Waals surface area (Å²) in [5.74, 6) is -1.88. The number of amides is 1.